The van der Waals surface area contributed by atoms with Crippen molar-refractivity contribution in [3.05, 3.63) is 101 Å². The molecule has 0 unspecified atom stereocenters. The van der Waals surface area contributed by atoms with Crippen LogP contribution in [0.25, 0.3) is 28.7 Å². The maximum absolute atomic E-state index is 13.2. The van der Waals surface area contributed by atoms with Crippen molar-refractivity contribution in [1.29, 1.82) is 0 Å². The molecule has 0 aliphatic carbocycles. The summed E-state index contributed by atoms with van der Waals surface area (Å²) in [6.45, 7) is 2.54. The number of hydrogen-bond acceptors (Lipinski definition) is 3. The Bertz CT molecular complexity index is 1180. The summed E-state index contributed by atoms with van der Waals surface area (Å²) < 4.78 is 7.15. The molecule has 0 fully saturated rings. The molecule has 3 aromatic carbocycles. The van der Waals surface area contributed by atoms with Crippen LogP contribution in [0.15, 0.2) is 83.7 Å². The Morgan fingerprint density at radius 2 is 1.61 bits per heavy atom. The van der Waals surface area contributed by atoms with E-state index < -0.39 is 0 Å². The second kappa shape index (κ2) is 7.92. The van der Waals surface area contributed by atoms with Crippen LogP contribution in [0.2, 0.25) is 0 Å². The van der Waals surface area contributed by atoms with Gasteiger partial charge in [0.1, 0.15) is 11.6 Å². The zero-order valence-electron chi connectivity index (χ0n) is 15.6. The second-order valence-electron chi connectivity index (χ2n) is 6.30. The maximum atomic E-state index is 13.2. The fourth-order valence-corrected chi connectivity index (χ4v) is 3.10. The van der Waals surface area contributed by atoms with Crippen LogP contribution in [0.5, 0.6) is 5.75 Å². The van der Waals surface area contributed by atoms with Crippen LogP contribution in [-0.4, -0.2) is 16.2 Å². The lowest BCUT2D eigenvalue weighted by atomic mass is 10.2. The molecule has 4 nitrogen and oxygen atoms in total. The number of nitrogens with zero attached hydrogens (tertiary/aromatic N) is 2. The van der Waals surface area contributed by atoms with E-state index in [1.807, 2.05) is 91.9 Å². The first-order chi connectivity index (χ1) is 13.8. The van der Waals surface area contributed by atoms with Crippen LogP contribution in [0.1, 0.15) is 18.3 Å². The first kappa shape index (κ1) is 17.7. The monoisotopic (exact) mass is 368 g/mol. The molecule has 4 heteroatoms. The molecule has 1 aromatic heterocycles. The minimum atomic E-state index is -0.0949. The number of benzene rings is 3. The van der Waals surface area contributed by atoms with Gasteiger partial charge >= 0.3 is 0 Å². The van der Waals surface area contributed by atoms with E-state index >= 15 is 0 Å². The van der Waals surface area contributed by atoms with Gasteiger partial charge in [0, 0.05) is 0 Å². The van der Waals surface area contributed by atoms with E-state index in [-0.39, 0.29) is 5.56 Å². The van der Waals surface area contributed by atoms with Gasteiger partial charge in [-0.25, -0.2) is 4.98 Å². The van der Waals surface area contributed by atoms with Gasteiger partial charge in [0.05, 0.1) is 23.2 Å². The second-order valence-corrected chi connectivity index (χ2v) is 6.30. The van der Waals surface area contributed by atoms with Gasteiger partial charge in [-0.05, 0) is 55.0 Å². The Labute approximate surface area is 163 Å². The lowest BCUT2D eigenvalue weighted by Gasteiger charge is -2.12. The van der Waals surface area contributed by atoms with E-state index in [4.69, 9.17) is 9.72 Å². The summed E-state index contributed by atoms with van der Waals surface area (Å²) in [5, 5.41) is 0.591. The highest BCUT2D eigenvalue weighted by molar-refractivity contribution is 5.80. The Morgan fingerprint density at radius 1 is 0.893 bits per heavy atom. The largest absolute Gasteiger partial charge is 0.494 e. The Morgan fingerprint density at radius 3 is 2.36 bits per heavy atom. The highest BCUT2D eigenvalue weighted by Crippen LogP contribution is 2.18. The van der Waals surface area contributed by atoms with Crippen molar-refractivity contribution in [2.24, 2.45) is 0 Å². The predicted octanol–water partition coefficient (Wildman–Crippen LogP) is 4.95. The summed E-state index contributed by atoms with van der Waals surface area (Å²) in [5.41, 5.74) is 2.38. The first-order valence-electron chi connectivity index (χ1n) is 9.24. The fraction of sp³-hybridized carbons (Fsp3) is 0.0833. The molecular weight excluding hydrogens is 348 g/mol. The highest BCUT2D eigenvalue weighted by atomic mass is 16.5. The van der Waals surface area contributed by atoms with E-state index in [1.54, 1.807) is 10.6 Å². The molecule has 4 aromatic rings. The van der Waals surface area contributed by atoms with Gasteiger partial charge in [0.15, 0.2) is 0 Å². The summed E-state index contributed by atoms with van der Waals surface area (Å²) in [4.78, 5) is 18.0. The molecule has 0 spiro atoms. The third-order valence-corrected chi connectivity index (χ3v) is 4.43. The van der Waals surface area contributed by atoms with E-state index in [0.717, 1.165) is 17.0 Å². The van der Waals surface area contributed by atoms with E-state index in [9.17, 15) is 4.79 Å². The normalized spacial score (nSPS) is 11.2. The highest BCUT2D eigenvalue weighted by Gasteiger charge is 2.11. The minimum absolute atomic E-state index is 0.0949. The standard InChI is InChI=1S/C24H20N2O2/c1-2-28-20-15-13-19(14-16-20)26-23(17-12-18-8-4-3-5-9-18)25-22-11-7-6-10-21(22)24(26)27/h3-17H,2H2,1H3/b17-12+. The summed E-state index contributed by atoms with van der Waals surface area (Å²) in [6.07, 6.45) is 3.83. The molecule has 0 aliphatic heterocycles. The average molecular weight is 368 g/mol. The summed E-state index contributed by atoms with van der Waals surface area (Å²) >= 11 is 0. The lowest BCUT2D eigenvalue weighted by Crippen LogP contribution is -2.22. The molecule has 0 amide bonds. The molecule has 1 heterocycles. The maximum Gasteiger partial charge on any atom is 0.266 e. The Hall–Kier alpha value is -3.66. The first-order valence-corrected chi connectivity index (χ1v) is 9.24. The van der Waals surface area contributed by atoms with Gasteiger partial charge in [0.2, 0.25) is 0 Å². The summed E-state index contributed by atoms with van der Waals surface area (Å²) in [7, 11) is 0. The van der Waals surface area contributed by atoms with Gasteiger partial charge in [-0.2, -0.15) is 0 Å². The number of fused-ring (bicyclic) bond motifs is 1. The van der Waals surface area contributed by atoms with Crippen LogP contribution in [0.3, 0.4) is 0 Å². The Balaban J connectivity index is 1.88. The van der Waals surface area contributed by atoms with E-state index in [0.29, 0.717) is 23.3 Å². The molecule has 0 N–H and O–H groups in total. The van der Waals surface area contributed by atoms with Crippen LogP contribution in [0, 0.1) is 0 Å². The van der Waals surface area contributed by atoms with Gasteiger partial charge in [-0.15, -0.1) is 0 Å². The predicted molar refractivity (Wildman–Crippen MR) is 114 cm³/mol. The van der Waals surface area contributed by atoms with Crippen molar-refractivity contribution in [3.63, 3.8) is 0 Å². The van der Waals surface area contributed by atoms with Crippen LogP contribution < -0.4 is 10.3 Å². The molecule has 138 valence electrons. The van der Waals surface area contributed by atoms with Crippen molar-refractivity contribution in [2.45, 2.75) is 6.92 Å². The summed E-state index contributed by atoms with van der Waals surface area (Å²) in [6, 6.07) is 24.9. The zero-order valence-corrected chi connectivity index (χ0v) is 15.6. The smallest absolute Gasteiger partial charge is 0.266 e. The molecule has 0 aliphatic rings. The van der Waals surface area contributed by atoms with Gasteiger partial charge in [-0.3, -0.25) is 9.36 Å². The van der Waals surface area contributed by atoms with Crippen LogP contribution in [-0.2, 0) is 0 Å². The molecule has 0 saturated heterocycles. The number of ether oxygens (including phenoxy) is 1. The number of para-hydroxylation sites is 1. The third kappa shape index (κ3) is 3.58. The third-order valence-electron chi connectivity index (χ3n) is 4.43. The topological polar surface area (TPSA) is 44.1 Å². The molecule has 4 rings (SSSR count). The van der Waals surface area contributed by atoms with Gasteiger partial charge in [0.25, 0.3) is 5.56 Å². The van der Waals surface area contributed by atoms with Crippen LogP contribution >= 0.6 is 0 Å². The molecule has 0 atom stereocenters. The molecule has 0 saturated carbocycles. The summed E-state index contributed by atoms with van der Waals surface area (Å²) in [5.74, 6) is 1.35. The zero-order chi connectivity index (χ0) is 19.3. The van der Waals surface area contributed by atoms with E-state index in [2.05, 4.69) is 0 Å². The Kier molecular flexibility index (Phi) is 5.02. The molecule has 28 heavy (non-hydrogen) atoms. The van der Waals surface area contributed by atoms with E-state index in [1.165, 1.54) is 0 Å². The van der Waals surface area contributed by atoms with Crippen molar-refractivity contribution in [3.8, 4) is 11.4 Å². The fourth-order valence-electron chi connectivity index (χ4n) is 3.10. The lowest BCUT2D eigenvalue weighted by molar-refractivity contribution is 0.340. The number of rotatable bonds is 5. The average Bonchev–Trinajstić information content (AvgIpc) is 2.74. The minimum Gasteiger partial charge on any atom is -0.494 e. The van der Waals surface area contributed by atoms with Crippen molar-refractivity contribution >= 4 is 23.1 Å². The molecular formula is C24H20N2O2. The number of hydrogen-bond donors (Lipinski definition) is 0. The quantitative estimate of drug-likeness (QED) is 0.500. The SMILES string of the molecule is CCOc1ccc(-n2c(/C=C/c3ccccc3)nc3ccccc3c2=O)cc1. The molecule has 0 bridgehead atoms. The van der Waals surface area contributed by atoms with Gasteiger partial charge < -0.3 is 4.74 Å². The van der Waals surface area contributed by atoms with Gasteiger partial charge in [-0.1, -0.05) is 48.5 Å². The van der Waals surface area contributed by atoms with Crippen LogP contribution in [0.4, 0.5) is 0 Å². The van der Waals surface area contributed by atoms with Crippen molar-refractivity contribution in [2.75, 3.05) is 6.61 Å². The van der Waals surface area contributed by atoms with Crippen molar-refractivity contribution < 1.29 is 4.74 Å². The molecule has 0 radical (unpaired) electrons. The van der Waals surface area contributed by atoms with Crippen molar-refractivity contribution in [1.82, 2.24) is 9.55 Å². The number of aromatic nitrogens is 2.